The van der Waals surface area contributed by atoms with Gasteiger partial charge in [-0.25, -0.2) is 0 Å². The molecule has 1 aromatic heterocycles. The minimum Gasteiger partial charge on any atom is -0.370 e. The first-order valence-corrected chi connectivity index (χ1v) is 7.07. The van der Waals surface area contributed by atoms with Crippen LogP contribution in [0.3, 0.4) is 0 Å². The van der Waals surface area contributed by atoms with E-state index in [0.717, 1.165) is 16.5 Å². The summed E-state index contributed by atoms with van der Waals surface area (Å²) >= 11 is 0. The highest BCUT2D eigenvalue weighted by Gasteiger charge is 2.24. The van der Waals surface area contributed by atoms with Gasteiger partial charge in [-0.2, -0.15) is 0 Å². The van der Waals surface area contributed by atoms with Crippen molar-refractivity contribution < 1.29 is 14.4 Å². The van der Waals surface area contributed by atoms with Crippen LogP contribution in [0.1, 0.15) is 12.0 Å². The molecule has 122 valence electrons. The number of primary amides is 2. The maximum atomic E-state index is 11.9. The number of carbonyl (C=O) groups excluding carboxylic acids is 3. The molecular weight excluding hydrogens is 298 g/mol. The van der Waals surface area contributed by atoms with Gasteiger partial charge in [-0.3, -0.25) is 14.4 Å². The van der Waals surface area contributed by atoms with Gasteiger partial charge in [-0.1, -0.05) is 18.2 Å². The van der Waals surface area contributed by atoms with E-state index in [2.05, 4.69) is 10.3 Å². The molecule has 0 radical (unpaired) electrons. The van der Waals surface area contributed by atoms with E-state index in [4.69, 9.17) is 17.2 Å². The summed E-state index contributed by atoms with van der Waals surface area (Å²) in [5.41, 5.74) is 17.7. The van der Waals surface area contributed by atoms with Crippen LogP contribution < -0.4 is 22.5 Å². The van der Waals surface area contributed by atoms with Crippen molar-refractivity contribution in [1.29, 1.82) is 0 Å². The first kappa shape index (κ1) is 16.5. The fourth-order valence-electron chi connectivity index (χ4n) is 2.33. The summed E-state index contributed by atoms with van der Waals surface area (Å²) in [7, 11) is 0. The van der Waals surface area contributed by atoms with Crippen LogP contribution in [0, 0.1) is 0 Å². The number of rotatable bonds is 7. The maximum Gasteiger partial charge on any atom is 0.240 e. The highest BCUT2D eigenvalue weighted by molar-refractivity contribution is 5.92. The number of hydrogen-bond donors (Lipinski definition) is 5. The van der Waals surface area contributed by atoms with Crippen LogP contribution in [0.4, 0.5) is 0 Å². The van der Waals surface area contributed by atoms with Crippen LogP contribution >= 0.6 is 0 Å². The number of para-hydroxylation sites is 1. The van der Waals surface area contributed by atoms with Crippen LogP contribution in [-0.4, -0.2) is 34.8 Å². The van der Waals surface area contributed by atoms with Gasteiger partial charge in [-0.05, 0) is 11.6 Å². The monoisotopic (exact) mass is 317 g/mol. The number of nitrogens with two attached hydrogens (primary N) is 3. The van der Waals surface area contributed by atoms with Crippen LogP contribution in [0.15, 0.2) is 30.5 Å². The second kappa shape index (κ2) is 6.93. The number of hydrogen-bond acceptors (Lipinski definition) is 4. The summed E-state index contributed by atoms with van der Waals surface area (Å²) in [5.74, 6) is -2.03. The normalized spacial score (nSPS) is 13.4. The van der Waals surface area contributed by atoms with Crippen LogP contribution in [-0.2, 0) is 20.8 Å². The molecule has 23 heavy (non-hydrogen) atoms. The first-order valence-electron chi connectivity index (χ1n) is 7.07. The molecule has 2 rings (SSSR count). The lowest BCUT2D eigenvalue weighted by Gasteiger charge is -2.17. The molecule has 0 unspecified atom stereocenters. The standard InChI is InChI=1S/C15H19N5O3/c16-10(6-13(17)21)15(23)20-12(14(18)22)5-8-7-19-11-4-2-1-3-9(8)11/h1-4,7,10,12,19H,5-6,16H2,(H2,17,21)(H2,18,22)(H,20,23)/t10-,12-/m0/s1. The van der Waals surface area contributed by atoms with Gasteiger partial charge in [0.2, 0.25) is 17.7 Å². The van der Waals surface area contributed by atoms with Gasteiger partial charge in [0.25, 0.3) is 0 Å². The highest BCUT2D eigenvalue weighted by Crippen LogP contribution is 2.19. The third-order valence-corrected chi connectivity index (χ3v) is 3.52. The predicted octanol–water partition coefficient (Wildman–Crippen LogP) is -1.12. The summed E-state index contributed by atoms with van der Waals surface area (Å²) in [5, 5.41) is 3.40. The van der Waals surface area contributed by atoms with Crippen molar-refractivity contribution in [2.45, 2.75) is 24.9 Å². The summed E-state index contributed by atoms with van der Waals surface area (Å²) in [6.07, 6.45) is 1.68. The van der Waals surface area contributed by atoms with E-state index in [1.54, 1.807) is 6.20 Å². The maximum absolute atomic E-state index is 11.9. The minimum atomic E-state index is -1.11. The molecular formula is C15H19N5O3. The Morgan fingerprint density at radius 1 is 1.17 bits per heavy atom. The quantitative estimate of drug-likeness (QED) is 0.438. The topological polar surface area (TPSA) is 157 Å². The van der Waals surface area contributed by atoms with Crippen molar-refractivity contribution in [3.05, 3.63) is 36.0 Å². The summed E-state index contributed by atoms with van der Waals surface area (Å²) in [4.78, 5) is 37.4. The van der Waals surface area contributed by atoms with E-state index >= 15 is 0 Å². The molecule has 0 fully saturated rings. The first-order chi connectivity index (χ1) is 10.9. The second-order valence-corrected chi connectivity index (χ2v) is 5.30. The lowest BCUT2D eigenvalue weighted by Crippen LogP contribution is -2.52. The van der Waals surface area contributed by atoms with Gasteiger partial charge in [0.1, 0.15) is 6.04 Å². The zero-order valence-electron chi connectivity index (χ0n) is 12.4. The Balaban J connectivity index is 2.11. The molecule has 0 saturated carbocycles. The SMILES string of the molecule is NC(=O)C[C@H](N)C(=O)N[C@@H](Cc1c[nH]c2ccccc12)C(N)=O. The Bertz CT molecular complexity index is 740. The Hall–Kier alpha value is -2.87. The molecule has 0 aliphatic heterocycles. The Labute approximate surface area is 132 Å². The summed E-state index contributed by atoms with van der Waals surface area (Å²) in [6.45, 7) is 0. The fraction of sp³-hybridized carbons (Fsp3) is 0.267. The number of fused-ring (bicyclic) bond motifs is 1. The Kier molecular flexibility index (Phi) is 4.97. The second-order valence-electron chi connectivity index (χ2n) is 5.30. The number of H-pyrrole nitrogens is 1. The molecule has 0 aliphatic carbocycles. The molecule has 2 atom stereocenters. The third-order valence-electron chi connectivity index (χ3n) is 3.52. The molecule has 2 aromatic rings. The molecule has 1 aromatic carbocycles. The van der Waals surface area contributed by atoms with Gasteiger partial charge < -0.3 is 27.5 Å². The summed E-state index contributed by atoms with van der Waals surface area (Å²) in [6, 6.07) is 5.52. The molecule has 1 heterocycles. The van der Waals surface area contributed by atoms with Gasteiger partial charge >= 0.3 is 0 Å². The van der Waals surface area contributed by atoms with Gasteiger partial charge in [0, 0.05) is 23.5 Å². The smallest absolute Gasteiger partial charge is 0.240 e. The van der Waals surface area contributed by atoms with E-state index in [1.165, 1.54) is 0 Å². The van der Waals surface area contributed by atoms with Crippen molar-refractivity contribution in [1.82, 2.24) is 10.3 Å². The average molecular weight is 317 g/mol. The highest BCUT2D eigenvalue weighted by atomic mass is 16.2. The van der Waals surface area contributed by atoms with Gasteiger partial charge in [-0.15, -0.1) is 0 Å². The molecule has 3 amide bonds. The molecule has 8 N–H and O–H groups in total. The average Bonchev–Trinajstić information content (AvgIpc) is 2.89. The molecule has 0 aliphatic rings. The molecule has 0 bridgehead atoms. The summed E-state index contributed by atoms with van der Waals surface area (Å²) < 4.78 is 0. The van der Waals surface area contributed by atoms with Crippen molar-refractivity contribution in [3.63, 3.8) is 0 Å². The van der Waals surface area contributed by atoms with Crippen LogP contribution in [0.2, 0.25) is 0 Å². The van der Waals surface area contributed by atoms with E-state index in [0.29, 0.717) is 0 Å². The van der Waals surface area contributed by atoms with E-state index in [1.807, 2.05) is 24.3 Å². The van der Waals surface area contributed by atoms with E-state index in [9.17, 15) is 14.4 Å². The fourth-order valence-corrected chi connectivity index (χ4v) is 2.33. The number of carbonyl (C=O) groups is 3. The van der Waals surface area contributed by atoms with Gasteiger partial charge in [0.15, 0.2) is 0 Å². The van der Waals surface area contributed by atoms with E-state index < -0.39 is 29.8 Å². The van der Waals surface area contributed by atoms with Gasteiger partial charge in [0.05, 0.1) is 12.5 Å². The van der Waals surface area contributed by atoms with Crippen molar-refractivity contribution in [2.75, 3.05) is 0 Å². The Morgan fingerprint density at radius 3 is 2.52 bits per heavy atom. The van der Waals surface area contributed by atoms with E-state index in [-0.39, 0.29) is 12.8 Å². The third kappa shape index (κ3) is 4.07. The van der Waals surface area contributed by atoms with Crippen molar-refractivity contribution in [3.8, 4) is 0 Å². The number of aromatic nitrogens is 1. The van der Waals surface area contributed by atoms with Crippen LogP contribution in [0.25, 0.3) is 10.9 Å². The molecule has 8 heteroatoms. The van der Waals surface area contributed by atoms with Crippen molar-refractivity contribution in [2.24, 2.45) is 17.2 Å². The Morgan fingerprint density at radius 2 is 1.87 bits per heavy atom. The zero-order chi connectivity index (χ0) is 17.0. The lowest BCUT2D eigenvalue weighted by atomic mass is 10.0. The molecule has 0 spiro atoms. The molecule has 8 nitrogen and oxygen atoms in total. The number of aromatic amines is 1. The number of benzene rings is 1. The largest absolute Gasteiger partial charge is 0.370 e. The number of nitrogens with one attached hydrogen (secondary N) is 2. The van der Waals surface area contributed by atoms with Crippen LogP contribution in [0.5, 0.6) is 0 Å². The minimum absolute atomic E-state index is 0.217. The predicted molar refractivity (Wildman–Crippen MR) is 84.9 cm³/mol. The lowest BCUT2D eigenvalue weighted by molar-refractivity contribution is -0.129. The molecule has 0 saturated heterocycles. The zero-order valence-corrected chi connectivity index (χ0v) is 12.4. The van der Waals surface area contributed by atoms with Crippen molar-refractivity contribution >= 4 is 28.6 Å². The number of amides is 3.